The van der Waals surface area contributed by atoms with Crippen LogP contribution in [0.5, 0.6) is 0 Å². The lowest BCUT2D eigenvalue weighted by atomic mass is 10.4. The summed E-state index contributed by atoms with van der Waals surface area (Å²) in [7, 11) is -18.6. The molecule has 0 unspecified atom stereocenters. The van der Waals surface area contributed by atoms with Crippen LogP contribution in [0.2, 0.25) is 117 Å². The van der Waals surface area contributed by atoms with Crippen molar-refractivity contribution >= 4 is 89.0 Å². The summed E-state index contributed by atoms with van der Waals surface area (Å²) in [6.07, 6.45) is 2.81. The standard InChI is InChI=1S/C25H72O10Si10/c1-36(2)28-44(29-37(3)4,30-38(5)6)34-42(13,14)24-18-22-26-20-17-21-27-23-19-25-43(15,16)35-45(31-39(7)8,32-40(9)10)33-41(11)12/h36-41H,17-25H2,1-16H3. The van der Waals surface area contributed by atoms with Crippen molar-refractivity contribution in [2.75, 3.05) is 26.4 Å². The quantitative estimate of drug-likeness (QED) is 0.0746. The van der Waals surface area contributed by atoms with Gasteiger partial charge in [0.15, 0.2) is 70.9 Å². The van der Waals surface area contributed by atoms with Gasteiger partial charge in [-0.15, -0.1) is 0 Å². The summed E-state index contributed by atoms with van der Waals surface area (Å²) in [5.41, 5.74) is 0. The van der Waals surface area contributed by atoms with E-state index in [0.717, 1.165) is 44.6 Å². The predicted octanol–water partition coefficient (Wildman–Crippen LogP) is 5.50. The van der Waals surface area contributed by atoms with Gasteiger partial charge in [-0.3, -0.25) is 0 Å². The van der Waals surface area contributed by atoms with Gasteiger partial charge in [0, 0.05) is 26.4 Å². The maximum absolute atomic E-state index is 6.76. The van der Waals surface area contributed by atoms with Crippen molar-refractivity contribution in [2.24, 2.45) is 0 Å². The van der Waals surface area contributed by atoms with Gasteiger partial charge in [-0.1, -0.05) is 0 Å². The van der Waals surface area contributed by atoms with Crippen molar-refractivity contribution < 1.29 is 42.4 Å². The molecule has 0 aromatic rings. The normalized spacial score (nSPS) is 14.0. The first-order valence-electron chi connectivity index (χ1n) is 17.2. The SMILES string of the molecule is C[SiH](C)O[Si](O[SiH](C)C)(O[SiH](C)C)O[Si](C)(C)CCCOCCCOCCC[Si](C)(C)O[Si](O[SiH](C)C)(O[SiH](C)C)O[SiH](C)C. The van der Waals surface area contributed by atoms with E-state index < -0.39 is 89.0 Å². The molecule has 0 saturated carbocycles. The lowest BCUT2D eigenvalue weighted by molar-refractivity contribution is 0.0822. The van der Waals surface area contributed by atoms with Crippen molar-refractivity contribution in [1.82, 2.24) is 0 Å². The lowest BCUT2D eigenvalue weighted by Crippen LogP contribution is -2.60. The van der Waals surface area contributed by atoms with Crippen molar-refractivity contribution in [3.05, 3.63) is 0 Å². The summed E-state index contributed by atoms with van der Waals surface area (Å²) in [5, 5.41) is 0. The summed E-state index contributed by atoms with van der Waals surface area (Å²) in [5.74, 6) is 0. The molecule has 0 fully saturated rings. The van der Waals surface area contributed by atoms with E-state index in [4.69, 9.17) is 42.4 Å². The Morgan fingerprint density at radius 2 is 0.578 bits per heavy atom. The third-order valence-corrected chi connectivity index (χ3v) is 33.6. The van der Waals surface area contributed by atoms with Gasteiger partial charge in [-0.2, -0.15) is 0 Å². The van der Waals surface area contributed by atoms with Gasteiger partial charge in [0.25, 0.3) is 0 Å². The average Bonchev–Trinajstić information content (AvgIpc) is 2.78. The van der Waals surface area contributed by atoms with Crippen LogP contribution in [-0.2, 0) is 42.4 Å². The molecular formula is C25H72O10Si10. The zero-order chi connectivity index (χ0) is 34.9. The van der Waals surface area contributed by atoms with Gasteiger partial charge < -0.3 is 42.4 Å². The third kappa shape index (κ3) is 24.5. The smallest absolute Gasteiger partial charge is 0.399 e. The molecule has 0 radical (unpaired) electrons. The van der Waals surface area contributed by atoms with Gasteiger partial charge in [0.05, 0.1) is 0 Å². The summed E-state index contributed by atoms with van der Waals surface area (Å²) in [6, 6.07) is 1.97. The molecule has 0 heterocycles. The van der Waals surface area contributed by atoms with Crippen LogP contribution in [0.3, 0.4) is 0 Å². The molecule has 0 atom stereocenters. The summed E-state index contributed by atoms with van der Waals surface area (Å²) in [4.78, 5) is 0. The Kier molecular flexibility index (Phi) is 24.2. The Morgan fingerprint density at radius 1 is 0.356 bits per heavy atom. The van der Waals surface area contributed by atoms with Crippen LogP contribution in [0, 0.1) is 0 Å². The molecule has 0 N–H and O–H groups in total. The minimum absolute atomic E-state index is 0.703. The van der Waals surface area contributed by atoms with E-state index in [1.807, 2.05) is 0 Å². The minimum atomic E-state index is -3.09. The van der Waals surface area contributed by atoms with Gasteiger partial charge in [0.2, 0.25) is 0 Å². The average molecular weight is 814 g/mol. The molecule has 0 aliphatic rings. The highest BCUT2D eigenvalue weighted by atomic mass is 28.5. The van der Waals surface area contributed by atoms with Gasteiger partial charge >= 0.3 is 18.1 Å². The Morgan fingerprint density at radius 3 is 0.800 bits per heavy atom. The van der Waals surface area contributed by atoms with Crippen LogP contribution >= 0.6 is 0 Å². The zero-order valence-electron chi connectivity index (χ0n) is 31.9. The Balaban J connectivity index is 4.54. The minimum Gasteiger partial charge on any atom is -0.399 e. The van der Waals surface area contributed by atoms with E-state index in [-0.39, 0.29) is 0 Å². The molecule has 10 nitrogen and oxygen atoms in total. The van der Waals surface area contributed by atoms with E-state index in [9.17, 15) is 0 Å². The molecule has 0 spiro atoms. The molecular weight excluding hydrogens is 741 g/mol. The molecule has 0 aliphatic heterocycles. The van der Waals surface area contributed by atoms with E-state index in [0.29, 0.717) is 13.2 Å². The molecule has 272 valence electrons. The molecule has 0 aromatic carbocycles. The van der Waals surface area contributed by atoms with E-state index in [1.165, 1.54) is 0 Å². The number of ether oxygens (including phenoxy) is 2. The molecule has 0 rings (SSSR count). The second kappa shape index (κ2) is 23.3. The maximum atomic E-state index is 6.76. The second-order valence-electron chi connectivity index (χ2n) is 14.5. The fraction of sp³-hybridized carbons (Fsp3) is 1.00. The van der Waals surface area contributed by atoms with Crippen LogP contribution in [-0.4, -0.2) is 115 Å². The maximum Gasteiger partial charge on any atom is 0.636 e. The van der Waals surface area contributed by atoms with Gasteiger partial charge in [-0.25, -0.2) is 0 Å². The first kappa shape index (κ1) is 46.8. The molecule has 0 bridgehead atoms. The van der Waals surface area contributed by atoms with Crippen LogP contribution in [0.4, 0.5) is 0 Å². The lowest BCUT2D eigenvalue weighted by Gasteiger charge is -2.39. The van der Waals surface area contributed by atoms with Crippen LogP contribution in [0.15, 0.2) is 0 Å². The van der Waals surface area contributed by atoms with Crippen molar-refractivity contribution in [3.63, 3.8) is 0 Å². The second-order valence-corrected chi connectivity index (χ2v) is 44.4. The van der Waals surface area contributed by atoms with E-state index in [2.05, 4.69) is 105 Å². The Bertz CT molecular complexity index is 651. The number of rotatable bonds is 28. The van der Waals surface area contributed by atoms with Crippen molar-refractivity contribution in [1.29, 1.82) is 0 Å². The third-order valence-electron chi connectivity index (χ3n) is 5.80. The number of hydrogen-bond donors (Lipinski definition) is 0. The highest BCUT2D eigenvalue weighted by Gasteiger charge is 2.52. The van der Waals surface area contributed by atoms with E-state index >= 15 is 0 Å². The van der Waals surface area contributed by atoms with Crippen LogP contribution in [0.25, 0.3) is 0 Å². The van der Waals surface area contributed by atoms with Crippen molar-refractivity contribution in [3.8, 4) is 0 Å². The van der Waals surface area contributed by atoms with Crippen LogP contribution < -0.4 is 0 Å². The van der Waals surface area contributed by atoms with Gasteiger partial charge in [-0.05, 0) is 136 Å². The first-order chi connectivity index (χ1) is 20.6. The first-order valence-corrected chi connectivity index (χ1v) is 43.4. The topological polar surface area (TPSA) is 92.3 Å². The molecule has 0 aromatic heterocycles. The monoisotopic (exact) mass is 812 g/mol. The fourth-order valence-corrected chi connectivity index (χ4v) is 34.7. The predicted molar refractivity (Wildman–Crippen MR) is 214 cm³/mol. The van der Waals surface area contributed by atoms with Crippen LogP contribution in [0.1, 0.15) is 19.3 Å². The molecule has 20 heteroatoms. The Hall–Kier alpha value is 1.77. The summed E-state index contributed by atoms with van der Waals surface area (Å²) >= 11 is 0. The highest BCUT2D eigenvalue weighted by Crippen LogP contribution is 2.26. The fourth-order valence-electron chi connectivity index (χ4n) is 4.49. The number of hydrogen-bond acceptors (Lipinski definition) is 10. The molecule has 0 amide bonds. The molecule has 45 heavy (non-hydrogen) atoms. The van der Waals surface area contributed by atoms with Gasteiger partial charge in [0.1, 0.15) is 0 Å². The molecule has 0 saturated heterocycles. The van der Waals surface area contributed by atoms with Crippen molar-refractivity contribution in [2.45, 2.75) is 136 Å². The van der Waals surface area contributed by atoms with E-state index in [1.54, 1.807) is 0 Å². The largest absolute Gasteiger partial charge is 0.636 e. The summed E-state index contributed by atoms with van der Waals surface area (Å²) < 4.78 is 64.0. The zero-order valence-corrected chi connectivity index (χ0v) is 42.8. The highest BCUT2D eigenvalue weighted by molar-refractivity contribution is 6.86. The molecule has 0 aliphatic carbocycles. The Labute approximate surface area is 292 Å². The summed E-state index contributed by atoms with van der Waals surface area (Å²) in [6.45, 7) is 37.8.